The van der Waals surface area contributed by atoms with Crippen molar-refractivity contribution < 1.29 is 9.53 Å². The van der Waals surface area contributed by atoms with E-state index in [0.717, 1.165) is 11.3 Å². The molecule has 1 aromatic carbocycles. The predicted octanol–water partition coefficient (Wildman–Crippen LogP) is 1.73. The third-order valence-corrected chi connectivity index (χ3v) is 2.75. The number of nitrogens with one attached hydrogen (secondary N) is 1. The van der Waals surface area contributed by atoms with Gasteiger partial charge in [-0.3, -0.25) is 4.79 Å². The van der Waals surface area contributed by atoms with Crippen molar-refractivity contribution >= 4 is 11.7 Å². The SMILES string of the molecule is COC(=O)[C@H]1C=C(c2ccc(C)cc2)NC1. The molecule has 0 aromatic heterocycles. The molecule has 1 aliphatic rings. The molecule has 1 heterocycles. The fraction of sp³-hybridized carbons (Fsp3) is 0.308. The van der Waals surface area contributed by atoms with Crippen molar-refractivity contribution in [3.8, 4) is 0 Å². The van der Waals surface area contributed by atoms with Crippen LogP contribution >= 0.6 is 0 Å². The molecule has 0 bridgehead atoms. The second-order valence-electron chi connectivity index (χ2n) is 3.96. The zero-order valence-electron chi connectivity index (χ0n) is 9.49. The van der Waals surface area contributed by atoms with Crippen molar-refractivity contribution in [2.24, 2.45) is 5.92 Å². The molecule has 0 aliphatic carbocycles. The third-order valence-electron chi connectivity index (χ3n) is 2.75. The number of rotatable bonds is 2. The molecule has 0 fully saturated rings. The molecular weight excluding hydrogens is 202 g/mol. The highest BCUT2D eigenvalue weighted by Gasteiger charge is 2.23. The molecule has 0 spiro atoms. The fourth-order valence-corrected chi connectivity index (χ4v) is 1.77. The van der Waals surface area contributed by atoms with E-state index in [1.165, 1.54) is 12.7 Å². The first kappa shape index (κ1) is 10.7. The van der Waals surface area contributed by atoms with Crippen LogP contribution in [0.25, 0.3) is 5.70 Å². The van der Waals surface area contributed by atoms with Crippen LogP contribution < -0.4 is 5.32 Å². The Balaban J connectivity index is 2.17. The van der Waals surface area contributed by atoms with E-state index in [4.69, 9.17) is 4.74 Å². The van der Waals surface area contributed by atoms with Gasteiger partial charge in [0.25, 0.3) is 0 Å². The van der Waals surface area contributed by atoms with Gasteiger partial charge in [0, 0.05) is 12.2 Å². The Morgan fingerprint density at radius 3 is 2.69 bits per heavy atom. The highest BCUT2D eigenvalue weighted by atomic mass is 16.5. The molecule has 0 radical (unpaired) electrons. The maximum absolute atomic E-state index is 11.3. The third kappa shape index (κ3) is 2.08. The summed E-state index contributed by atoms with van der Waals surface area (Å²) in [5.74, 6) is -0.351. The summed E-state index contributed by atoms with van der Waals surface area (Å²) >= 11 is 0. The van der Waals surface area contributed by atoms with Gasteiger partial charge in [0.05, 0.1) is 13.0 Å². The maximum Gasteiger partial charge on any atom is 0.314 e. The Labute approximate surface area is 95.1 Å². The van der Waals surface area contributed by atoms with Crippen LogP contribution in [0.2, 0.25) is 0 Å². The first-order valence-electron chi connectivity index (χ1n) is 5.31. The molecule has 1 aliphatic heterocycles. The van der Waals surface area contributed by atoms with Crippen molar-refractivity contribution in [3.05, 3.63) is 41.5 Å². The molecular formula is C13H15NO2. The van der Waals surface area contributed by atoms with Crippen molar-refractivity contribution in [2.45, 2.75) is 6.92 Å². The molecule has 0 amide bonds. The normalized spacial score (nSPS) is 18.9. The average Bonchev–Trinajstić information content (AvgIpc) is 2.78. The van der Waals surface area contributed by atoms with E-state index in [1.54, 1.807) is 0 Å². The molecule has 3 nitrogen and oxygen atoms in total. The Morgan fingerprint density at radius 1 is 1.38 bits per heavy atom. The molecule has 84 valence electrons. The van der Waals surface area contributed by atoms with E-state index in [-0.39, 0.29) is 11.9 Å². The molecule has 16 heavy (non-hydrogen) atoms. The van der Waals surface area contributed by atoms with Crippen LogP contribution in [-0.4, -0.2) is 19.6 Å². The number of esters is 1. The number of carbonyl (C=O) groups is 1. The van der Waals surface area contributed by atoms with Gasteiger partial charge in [0.15, 0.2) is 0 Å². The average molecular weight is 217 g/mol. The quantitative estimate of drug-likeness (QED) is 0.767. The van der Waals surface area contributed by atoms with Crippen LogP contribution in [-0.2, 0) is 9.53 Å². The largest absolute Gasteiger partial charge is 0.469 e. The number of ether oxygens (including phenoxy) is 1. The minimum absolute atomic E-state index is 0.165. The topological polar surface area (TPSA) is 38.3 Å². The van der Waals surface area contributed by atoms with Gasteiger partial charge in [0.1, 0.15) is 0 Å². The number of hydrogen-bond acceptors (Lipinski definition) is 3. The van der Waals surface area contributed by atoms with Gasteiger partial charge in [-0.05, 0) is 18.6 Å². The summed E-state index contributed by atoms with van der Waals surface area (Å²) < 4.78 is 4.71. The van der Waals surface area contributed by atoms with Gasteiger partial charge < -0.3 is 10.1 Å². The zero-order chi connectivity index (χ0) is 11.5. The van der Waals surface area contributed by atoms with Gasteiger partial charge >= 0.3 is 5.97 Å². The minimum atomic E-state index is -0.186. The van der Waals surface area contributed by atoms with E-state index in [1.807, 2.05) is 18.2 Å². The van der Waals surface area contributed by atoms with Crippen LogP contribution in [0.4, 0.5) is 0 Å². The molecule has 0 saturated heterocycles. The summed E-state index contributed by atoms with van der Waals surface area (Å²) in [7, 11) is 1.42. The smallest absolute Gasteiger partial charge is 0.314 e. The first-order valence-corrected chi connectivity index (χ1v) is 5.31. The van der Waals surface area contributed by atoms with Crippen molar-refractivity contribution in [2.75, 3.05) is 13.7 Å². The molecule has 1 N–H and O–H groups in total. The summed E-state index contributed by atoms with van der Waals surface area (Å²) in [6, 6.07) is 8.22. The van der Waals surface area contributed by atoms with E-state index < -0.39 is 0 Å². The lowest BCUT2D eigenvalue weighted by molar-refractivity contribution is -0.143. The van der Waals surface area contributed by atoms with Crippen molar-refractivity contribution in [3.63, 3.8) is 0 Å². The Bertz CT molecular complexity index is 420. The number of methoxy groups -OCH3 is 1. The standard InChI is InChI=1S/C13H15NO2/c1-9-3-5-10(6-4-9)12-7-11(8-14-12)13(15)16-2/h3-7,11,14H,8H2,1-2H3/t11-/m0/s1. The lowest BCUT2D eigenvalue weighted by Gasteiger charge is -2.04. The van der Waals surface area contributed by atoms with Gasteiger partial charge in [-0.2, -0.15) is 0 Å². The Morgan fingerprint density at radius 2 is 2.06 bits per heavy atom. The summed E-state index contributed by atoms with van der Waals surface area (Å²) in [6.45, 7) is 2.67. The highest BCUT2D eigenvalue weighted by molar-refractivity contribution is 5.80. The van der Waals surface area contributed by atoms with Gasteiger partial charge in [-0.25, -0.2) is 0 Å². The number of carbonyl (C=O) groups excluding carboxylic acids is 1. The summed E-state index contributed by atoms with van der Waals surface area (Å²) in [4.78, 5) is 11.3. The van der Waals surface area contributed by atoms with Crippen LogP contribution in [0.5, 0.6) is 0 Å². The van der Waals surface area contributed by atoms with E-state index >= 15 is 0 Å². The molecule has 0 saturated carbocycles. The molecule has 1 aromatic rings. The highest BCUT2D eigenvalue weighted by Crippen LogP contribution is 2.20. The van der Waals surface area contributed by atoms with E-state index in [0.29, 0.717) is 6.54 Å². The first-order chi connectivity index (χ1) is 7.70. The van der Waals surface area contributed by atoms with E-state index in [2.05, 4.69) is 24.4 Å². The predicted molar refractivity (Wildman–Crippen MR) is 62.7 cm³/mol. The van der Waals surface area contributed by atoms with Crippen molar-refractivity contribution in [1.29, 1.82) is 0 Å². The summed E-state index contributed by atoms with van der Waals surface area (Å²) in [5.41, 5.74) is 3.35. The van der Waals surface area contributed by atoms with Crippen LogP contribution in [0.15, 0.2) is 30.3 Å². The van der Waals surface area contributed by atoms with Crippen molar-refractivity contribution in [1.82, 2.24) is 5.32 Å². The second kappa shape index (κ2) is 4.39. The second-order valence-corrected chi connectivity index (χ2v) is 3.96. The lowest BCUT2D eigenvalue weighted by Crippen LogP contribution is -2.20. The summed E-state index contributed by atoms with van der Waals surface area (Å²) in [5, 5.41) is 3.22. The Kier molecular flexibility index (Phi) is 2.95. The molecule has 0 unspecified atom stereocenters. The van der Waals surface area contributed by atoms with Gasteiger partial charge in [-0.15, -0.1) is 0 Å². The van der Waals surface area contributed by atoms with Crippen LogP contribution in [0.3, 0.4) is 0 Å². The van der Waals surface area contributed by atoms with Crippen LogP contribution in [0.1, 0.15) is 11.1 Å². The van der Waals surface area contributed by atoms with E-state index in [9.17, 15) is 4.79 Å². The molecule has 3 heteroatoms. The molecule has 2 rings (SSSR count). The Hall–Kier alpha value is -1.77. The number of aryl methyl sites for hydroxylation is 1. The van der Waals surface area contributed by atoms with Crippen LogP contribution in [0, 0.1) is 12.8 Å². The fourth-order valence-electron chi connectivity index (χ4n) is 1.77. The monoisotopic (exact) mass is 217 g/mol. The lowest BCUT2D eigenvalue weighted by atomic mass is 10.1. The van der Waals surface area contributed by atoms with Gasteiger partial charge in [0.2, 0.25) is 0 Å². The van der Waals surface area contributed by atoms with Gasteiger partial charge in [-0.1, -0.05) is 29.8 Å². The zero-order valence-corrected chi connectivity index (χ0v) is 9.49. The maximum atomic E-state index is 11.3. The number of hydrogen-bond donors (Lipinski definition) is 1. The number of benzene rings is 1. The summed E-state index contributed by atoms with van der Waals surface area (Å²) in [6.07, 6.45) is 1.93. The molecule has 1 atom stereocenters. The minimum Gasteiger partial charge on any atom is -0.469 e.